The van der Waals surface area contributed by atoms with Gasteiger partial charge in [-0.15, -0.1) is 0 Å². The van der Waals surface area contributed by atoms with E-state index in [2.05, 4.69) is 33.1 Å². The molecule has 2 aromatic rings. The molecule has 1 fully saturated rings. The Balaban J connectivity index is 1.60. The summed E-state index contributed by atoms with van der Waals surface area (Å²) in [7, 11) is 0. The molecular formula is C17H19FN4O. The maximum Gasteiger partial charge on any atom is 0.227 e. The second kappa shape index (κ2) is 6.12. The number of aromatic nitrogens is 2. The van der Waals surface area contributed by atoms with Gasteiger partial charge < -0.3 is 14.5 Å². The summed E-state index contributed by atoms with van der Waals surface area (Å²) in [6.07, 6.45) is 2.25. The molecule has 0 unspecified atom stereocenters. The SMILES string of the molecule is Fc1cnc(N2CCc3ccccc3C2)nc1N1CCOCC1. The van der Waals surface area contributed by atoms with Crippen LogP contribution in [0.3, 0.4) is 0 Å². The molecule has 1 aromatic carbocycles. The van der Waals surface area contributed by atoms with E-state index in [4.69, 9.17) is 4.74 Å². The Morgan fingerprint density at radius 2 is 1.78 bits per heavy atom. The van der Waals surface area contributed by atoms with Gasteiger partial charge in [-0.25, -0.2) is 9.37 Å². The molecule has 120 valence electrons. The molecule has 3 heterocycles. The molecule has 0 N–H and O–H groups in total. The molecule has 0 atom stereocenters. The van der Waals surface area contributed by atoms with Crippen LogP contribution in [0, 0.1) is 5.82 Å². The van der Waals surface area contributed by atoms with Crippen LogP contribution in [0.5, 0.6) is 0 Å². The zero-order chi connectivity index (χ0) is 15.6. The summed E-state index contributed by atoms with van der Waals surface area (Å²) in [5.74, 6) is 0.618. The van der Waals surface area contributed by atoms with Gasteiger partial charge in [0.25, 0.3) is 0 Å². The minimum Gasteiger partial charge on any atom is -0.378 e. The third-order valence-corrected chi connectivity index (χ3v) is 4.44. The second-order valence-corrected chi connectivity index (χ2v) is 5.88. The van der Waals surface area contributed by atoms with E-state index in [0.717, 1.165) is 19.5 Å². The fraction of sp³-hybridized carbons (Fsp3) is 0.412. The largest absolute Gasteiger partial charge is 0.378 e. The first-order valence-electron chi connectivity index (χ1n) is 7.98. The zero-order valence-corrected chi connectivity index (χ0v) is 12.9. The van der Waals surface area contributed by atoms with Crippen molar-refractivity contribution in [3.8, 4) is 0 Å². The number of fused-ring (bicyclic) bond motifs is 1. The highest BCUT2D eigenvalue weighted by molar-refractivity contribution is 5.47. The van der Waals surface area contributed by atoms with Crippen LogP contribution in [0.15, 0.2) is 30.5 Å². The first-order valence-corrected chi connectivity index (χ1v) is 7.98. The highest BCUT2D eigenvalue weighted by Crippen LogP contribution is 2.25. The maximum atomic E-state index is 14.1. The summed E-state index contributed by atoms with van der Waals surface area (Å²) >= 11 is 0. The second-order valence-electron chi connectivity index (χ2n) is 5.88. The molecule has 1 saturated heterocycles. The van der Waals surface area contributed by atoms with E-state index in [1.54, 1.807) is 0 Å². The quantitative estimate of drug-likeness (QED) is 0.848. The first-order chi connectivity index (χ1) is 11.3. The lowest BCUT2D eigenvalue weighted by atomic mass is 10.0. The van der Waals surface area contributed by atoms with Gasteiger partial charge in [0.2, 0.25) is 5.95 Å². The van der Waals surface area contributed by atoms with Gasteiger partial charge in [-0.1, -0.05) is 24.3 Å². The smallest absolute Gasteiger partial charge is 0.227 e. The van der Waals surface area contributed by atoms with E-state index in [1.807, 2.05) is 11.0 Å². The standard InChI is InChI=1S/C17H19FN4O/c18-15-11-19-17(20-16(15)21-7-9-23-10-8-21)22-6-5-13-3-1-2-4-14(13)12-22/h1-4,11H,5-10,12H2. The molecule has 0 saturated carbocycles. The molecule has 1 aromatic heterocycles. The first kappa shape index (κ1) is 14.4. The summed E-state index contributed by atoms with van der Waals surface area (Å²) in [5.41, 5.74) is 2.67. The fourth-order valence-corrected chi connectivity index (χ4v) is 3.16. The maximum absolute atomic E-state index is 14.1. The highest BCUT2D eigenvalue weighted by Gasteiger charge is 2.22. The van der Waals surface area contributed by atoms with Crippen molar-refractivity contribution in [2.24, 2.45) is 0 Å². The number of hydrogen-bond acceptors (Lipinski definition) is 5. The lowest BCUT2D eigenvalue weighted by Gasteiger charge is -2.31. The van der Waals surface area contributed by atoms with E-state index < -0.39 is 0 Å². The fourth-order valence-electron chi connectivity index (χ4n) is 3.16. The lowest BCUT2D eigenvalue weighted by Crippen LogP contribution is -2.38. The molecule has 2 aliphatic heterocycles. The lowest BCUT2D eigenvalue weighted by molar-refractivity contribution is 0.122. The van der Waals surface area contributed by atoms with Crippen molar-refractivity contribution < 1.29 is 9.13 Å². The van der Waals surface area contributed by atoms with Crippen LogP contribution in [0.25, 0.3) is 0 Å². The van der Waals surface area contributed by atoms with E-state index in [1.165, 1.54) is 17.3 Å². The van der Waals surface area contributed by atoms with Gasteiger partial charge in [0.1, 0.15) is 0 Å². The van der Waals surface area contributed by atoms with E-state index in [9.17, 15) is 4.39 Å². The molecule has 0 amide bonds. The van der Waals surface area contributed by atoms with Crippen molar-refractivity contribution in [2.45, 2.75) is 13.0 Å². The number of halogens is 1. The minimum absolute atomic E-state index is 0.368. The van der Waals surface area contributed by atoms with E-state index in [0.29, 0.717) is 38.1 Å². The highest BCUT2D eigenvalue weighted by atomic mass is 19.1. The minimum atomic E-state index is -0.368. The van der Waals surface area contributed by atoms with Gasteiger partial charge in [0, 0.05) is 26.2 Å². The average molecular weight is 314 g/mol. The topological polar surface area (TPSA) is 41.5 Å². The van der Waals surface area contributed by atoms with Gasteiger partial charge in [-0.3, -0.25) is 0 Å². The van der Waals surface area contributed by atoms with Crippen LogP contribution in [-0.2, 0) is 17.7 Å². The molecule has 0 aliphatic carbocycles. The molecule has 0 bridgehead atoms. The number of nitrogens with zero attached hydrogens (tertiary/aromatic N) is 4. The number of morpholine rings is 1. The molecule has 2 aliphatic rings. The molecule has 4 rings (SSSR count). The van der Waals surface area contributed by atoms with Crippen molar-refractivity contribution >= 4 is 11.8 Å². The Morgan fingerprint density at radius 3 is 2.61 bits per heavy atom. The third-order valence-electron chi connectivity index (χ3n) is 4.44. The number of ether oxygens (including phenoxy) is 1. The Labute approximate surface area is 134 Å². The monoisotopic (exact) mass is 314 g/mol. The summed E-state index contributed by atoms with van der Waals surface area (Å²) < 4.78 is 19.5. The Morgan fingerprint density at radius 1 is 1.00 bits per heavy atom. The van der Waals surface area contributed by atoms with Crippen molar-refractivity contribution in [2.75, 3.05) is 42.6 Å². The van der Waals surface area contributed by atoms with Crippen molar-refractivity contribution in [3.63, 3.8) is 0 Å². The van der Waals surface area contributed by atoms with Crippen LogP contribution in [0.2, 0.25) is 0 Å². The number of hydrogen-bond donors (Lipinski definition) is 0. The van der Waals surface area contributed by atoms with Crippen molar-refractivity contribution in [1.82, 2.24) is 9.97 Å². The van der Waals surface area contributed by atoms with Gasteiger partial charge in [0.05, 0.1) is 19.4 Å². The van der Waals surface area contributed by atoms with Gasteiger partial charge in [-0.2, -0.15) is 4.98 Å². The summed E-state index contributed by atoms with van der Waals surface area (Å²) in [6.45, 7) is 4.16. The van der Waals surface area contributed by atoms with Gasteiger partial charge in [0.15, 0.2) is 11.6 Å². The molecule has 0 radical (unpaired) electrons. The average Bonchev–Trinajstić information content (AvgIpc) is 2.62. The van der Waals surface area contributed by atoms with Crippen LogP contribution in [0.4, 0.5) is 16.2 Å². The van der Waals surface area contributed by atoms with Crippen molar-refractivity contribution in [3.05, 3.63) is 47.4 Å². The van der Waals surface area contributed by atoms with E-state index >= 15 is 0 Å². The molecule has 6 heteroatoms. The van der Waals surface area contributed by atoms with Gasteiger partial charge in [-0.05, 0) is 17.5 Å². The number of benzene rings is 1. The molecule has 23 heavy (non-hydrogen) atoms. The number of rotatable bonds is 2. The molecular weight excluding hydrogens is 295 g/mol. The van der Waals surface area contributed by atoms with Crippen LogP contribution >= 0.6 is 0 Å². The summed E-state index contributed by atoms with van der Waals surface area (Å²) in [5, 5.41) is 0. The predicted molar refractivity (Wildman–Crippen MR) is 86.2 cm³/mol. The normalized spacial score (nSPS) is 18.0. The summed E-state index contributed by atoms with van der Waals surface area (Å²) in [6, 6.07) is 8.41. The van der Waals surface area contributed by atoms with Gasteiger partial charge >= 0.3 is 0 Å². The van der Waals surface area contributed by atoms with Crippen LogP contribution < -0.4 is 9.80 Å². The third kappa shape index (κ3) is 2.86. The molecule has 0 spiro atoms. The summed E-state index contributed by atoms with van der Waals surface area (Å²) in [4.78, 5) is 12.8. The van der Waals surface area contributed by atoms with Crippen molar-refractivity contribution in [1.29, 1.82) is 0 Å². The molecule has 5 nitrogen and oxygen atoms in total. The Hall–Kier alpha value is -2.21. The zero-order valence-electron chi connectivity index (χ0n) is 12.9. The predicted octanol–water partition coefficient (Wildman–Crippen LogP) is 2.02. The van der Waals surface area contributed by atoms with E-state index in [-0.39, 0.29) is 5.82 Å². The van der Waals surface area contributed by atoms with Crippen LogP contribution in [0.1, 0.15) is 11.1 Å². The number of anilines is 2. The van der Waals surface area contributed by atoms with Crippen LogP contribution in [-0.4, -0.2) is 42.8 Å². The Bertz CT molecular complexity index is 703. The Kier molecular flexibility index (Phi) is 3.83.